The molecule has 0 radical (unpaired) electrons. The Bertz CT molecular complexity index is 704. The van der Waals surface area contributed by atoms with Gasteiger partial charge in [0.15, 0.2) is 0 Å². The van der Waals surface area contributed by atoms with Gasteiger partial charge in [-0.15, -0.1) is 0 Å². The third-order valence-corrected chi connectivity index (χ3v) is 4.23. The van der Waals surface area contributed by atoms with Gasteiger partial charge in [0.2, 0.25) is 14.9 Å². The van der Waals surface area contributed by atoms with Crippen LogP contribution in [0.2, 0.25) is 0 Å². The number of carbonyl (C=O) groups is 1. The van der Waals surface area contributed by atoms with Crippen molar-refractivity contribution in [3.05, 3.63) is 35.4 Å². The highest BCUT2D eigenvalue weighted by Gasteiger charge is 2.35. The maximum atomic E-state index is 11.8. The molecule has 0 unspecified atom stereocenters. The Morgan fingerprint density at radius 1 is 1.35 bits per heavy atom. The third-order valence-electron chi connectivity index (χ3n) is 2.53. The Morgan fingerprint density at radius 2 is 2.05 bits per heavy atom. The summed E-state index contributed by atoms with van der Waals surface area (Å²) in [7, 11) is -2.56. The lowest BCUT2D eigenvalue weighted by Gasteiger charge is -2.08. The van der Waals surface area contributed by atoms with Crippen LogP contribution in [-0.4, -0.2) is 38.3 Å². The highest BCUT2D eigenvalue weighted by Crippen LogP contribution is 2.22. The molecule has 1 aliphatic heterocycles. The monoisotopic (exact) mass is 297 g/mol. The van der Waals surface area contributed by atoms with Gasteiger partial charge in [-0.1, -0.05) is 6.07 Å². The predicted molar refractivity (Wildman–Crippen MR) is 70.6 cm³/mol. The first-order valence-electron chi connectivity index (χ1n) is 5.47. The Morgan fingerprint density at radius 3 is 2.65 bits per heavy atom. The molecule has 1 N–H and O–H groups in total. The summed E-state index contributed by atoms with van der Waals surface area (Å²) in [5.41, 5.74) is 0. The molecule has 0 aliphatic carbocycles. The molecule has 1 aromatic rings. The standard InChI is InChI=1S/C12H11NO6S/c1-18-8-3-2-4-9(5-8)19-7-10-6-13-11(12(14)15)20(10,16)17/h2-6H,7H2,1H3,(H,14,15). The highest BCUT2D eigenvalue weighted by molar-refractivity contribution is 8.11. The Balaban J connectivity index is 2.08. The van der Waals surface area contributed by atoms with Gasteiger partial charge in [-0.3, -0.25) is 0 Å². The molecule has 0 saturated heterocycles. The van der Waals surface area contributed by atoms with Crippen molar-refractivity contribution in [1.29, 1.82) is 0 Å². The molecule has 0 fully saturated rings. The van der Waals surface area contributed by atoms with Crippen molar-refractivity contribution in [3.63, 3.8) is 0 Å². The smallest absolute Gasteiger partial charge is 0.366 e. The van der Waals surface area contributed by atoms with E-state index in [-0.39, 0.29) is 11.5 Å². The van der Waals surface area contributed by atoms with Crippen LogP contribution in [0.1, 0.15) is 0 Å². The fraction of sp³-hybridized carbons (Fsp3) is 0.167. The second-order valence-corrected chi connectivity index (χ2v) is 5.72. The number of carboxylic acid groups (broad SMARTS) is 1. The average molecular weight is 297 g/mol. The van der Waals surface area contributed by atoms with Crippen LogP contribution in [0, 0.1) is 0 Å². The number of rotatable bonds is 5. The number of hydrogen-bond donors (Lipinski definition) is 1. The number of ether oxygens (including phenoxy) is 2. The van der Waals surface area contributed by atoms with Crippen molar-refractivity contribution in [1.82, 2.24) is 0 Å². The molecule has 7 nitrogen and oxygen atoms in total. The van der Waals surface area contributed by atoms with Crippen LogP contribution in [0.5, 0.6) is 11.5 Å². The van der Waals surface area contributed by atoms with Crippen LogP contribution in [0.4, 0.5) is 0 Å². The van der Waals surface area contributed by atoms with Crippen LogP contribution in [-0.2, 0) is 14.6 Å². The molecule has 20 heavy (non-hydrogen) atoms. The lowest BCUT2D eigenvalue weighted by atomic mass is 10.3. The van der Waals surface area contributed by atoms with Crippen LogP contribution >= 0.6 is 0 Å². The van der Waals surface area contributed by atoms with Gasteiger partial charge in [-0.25, -0.2) is 18.2 Å². The molecular formula is C12H11NO6S. The Hall–Kier alpha value is -2.35. The van der Waals surface area contributed by atoms with Crippen molar-refractivity contribution in [2.45, 2.75) is 0 Å². The molecule has 0 amide bonds. The zero-order valence-electron chi connectivity index (χ0n) is 10.4. The Labute approximate surface area is 115 Å². The van der Waals surface area contributed by atoms with Gasteiger partial charge in [0.05, 0.1) is 7.11 Å². The fourth-order valence-electron chi connectivity index (χ4n) is 1.52. The van der Waals surface area contributed by atoms with E-state index in [9.17, 15) is 13.2 Å². The molecule has 0 spiro atoms. The number of sulfone groups is 1. The van der Waals surface area contributed by atoms with E-state index in [1.165, 1.54) is 7.11 Å². The number of aliphatic carboxylic acids is 1. The van der Waals surface area contributed by atoms with Crippen LogP contribution < -0.4 is 9.47 Å². The molecular weight excluding hydrogens is 286 g/mol. The van der Waals surface area contributed by atoms with E-state index < -0.39 is 20.9 Å². The molecule has 0 bridgehead atoms. The second-order valence-electron chi connectivity index (χ2n) is 3.81. The van der Waals surface area contributed by atoms with E-state index in [0.29, 0.717) is 11.5 Å². The lowest BCUT2D eigenvalue weighted by Crippen LogP contribution is -2.24. The largest absolute Gasteiger partial charge is 0.497 e. The first-order chi connectivity index (χ1) is 9.45. The number of nitrogens with zero attached hydrogens (tertiary/aromatic N) is 1. The van der Waals surface area contributed by atoms with Gasteiger partial charge in [-0.05, 0) is 12.1 Å². The quantitative estimate of drug-likeness (QED) is 0.863. The van der Waals surface area contributed by atoms with E-state index in [4.69, 9.17) is 14.6 Å². The molecule has 0 atom stereocenters. The minimum atomic E-state index is -4.06. The van der Waals surface area contributed by atoms with Crippen molar-refractivity contribution in [3.8, 4) is 11.5 Å². The molecule has 1 aromatic carbocycles. The summed E-state index contributed by atoms with van der Waals surface area (Å²) >= 11 is 0. The maximum Gasteiger partial charge on any atom is 0.366 e. The molecule has 0 saturated carbocycles. The molecule has 1 aliphatic rings. The molecule has 8 heteroatoms. The first-order valence-corrected chi connectivity index (χ1v) is 6.95. The number of methoxy groups -OCH3 is 1. The van der Waals surface area contributed by atoms with E-state index >= 15 is 0 Å². The minimum Gasteiger partial charge on any atom is -0.497 e. The summed E-state index contributed by atoms with van der Waals surface area (Å²) in [6, 6.07) is 6.61. The van der Waals surface area contributed by atoms with E-state index in [1.54, 1.807) is 24.3 Å². The fourth-order valence-corrected chi connectivity index (χ4v) is 2.60. The SMILES string of the molecule is COc1cccc(OCC2=CN=C(C(=O)O)S2(=O)=O)c1. The third kappa shape index (κ3) is 2.64. The zero-order chi connectivity index (χ0) is 14.8. The highest BCUT2D eigenvalue weighted by atomic mass is 32.2. The summed E-state index contributed by atoms with van der Waals surface area (Å²) in [6.45, 7) is -0.296. The normalized spacial score (nSPS) is 16.2. The topological polar surface area (TPSA) is 102 Å². The predicted octanol–water partition coefficient (Wildman–Crippen LogP) is 0.827. The Kier molecular flexibility index (Phi) is 3.75. The summed E-state index contributed by atoms with van der Waals surface area (Å²) in [6.07, 6.45) is 0.985. The van der Waals surface area contributed by atoms with Crippen LogP contribution in [0.3, 0.4) is 0 Å². The van der Waals surface area contributed by atoms with Crippen molar-refractivity contribution in [2.24, 2.45) is 4.99 Å². The first kappa shape index (κ1) is 14.1. The number of benzene rings is 1. The van der Waals surface area contributed by atoms with Crippen LogP contribution in [0.15, 0.2) is 40.4 Å². The van der Waals surface area contributed by atoms with Gasteiger partial charge in [0.25, 0.3) is 0 Å². The van der Waals surface area contributed by atoms with E-state index in [1.807, 2.05) is 0 Å². The van der Waals surface area contributed by atoms with Crippen molar-refractivity contribution in [2.75, 3.05) is 13.7 Å². The van der Waals surface area contributed by atoms with Gasteiger partial charge in [0.1, 0.15) is 23.0 Å². The number of hydrogen-bond acceptors (Lipinski definition) is 6. The number of carboxylic acids is 1. The summed E-state index contributed by atoms with van der Waals surface area (Å²) in [4.78, 5) is 13.9. The second kappa shape index (κ2) is 5.33. The molecule has 1 heterocycles. The zero-order valence-corrected chi connectivity index (χ0v) is 11.3. The van der Waals surface area contributed by atoms with E-state index in [2.05, 4.69) is 4.99 Å². The summed E-state index contributed by atoms with van der Waals surface area (Å²) < 4.78 is 33.9. The van der Waals surface area contributed by atoms with Gasteiger partial charge >= 0.3 is 5.97 Å². The molecule has 2 rings (SSSR count). The van der Waals surface area contributed by atoms with E-state index in [0.717, 1.165) is 6.20 Å². The van der Waals surface area contributed by atoms with Crippen LogP contribution in [0.25, 0.3) is 0 Å². The average Bonchev–Trinajstić information content (AvgIpc) is 2.71. The van der Waals surface area contributed by atoms with Gasteiger partial charge in [0, 0.05) is 12.3 Å². The lowest BCUT2D eigenvalue weighted by molar-refractivity contribution is -0.129. The maximum absolute atomic E-state index is 11.8. The van der Waals surface area contributed by atoms with Crippen molar-refractivity contribution < 1.29 is 27.8 Å². The number of aliphatic imine (C=N–C) groups is 1. The molecule has 106 valence electrons. The van der Waals surface area contributed by atoms with Gasteiger partial charge in [-0.2, -0.15) is 0 Å². The van der Waals surface area contributed by atoms with Crippen molar-refractivity contribution >= 4 is 20.9 Å². The molecule has 0 aromatic heterocycles. The summed E-state index contributed by atoms with van der Waals surface area (Å²) in [5.74, 6) is -0.616. The van der Waals surface area contributed by atoms with Gasteiger partial charge < -0.3 is 14.6 Å². The summed E-state index contributed by atoms with van der Waals surface area (Å²) in [5, 5.41) is 7.83. The minimum absolute atomic E-state index is 0.197.